The quantitative estimate of drug-likeness (QED) is 0.785. The van der Waals surface area contributed by atoms with Crippen LogP contribution in [0.2, 0.25) is 0 Å². The summed E-state index contributed by atoms with van der Waals surface area (Å²) in [6.45, 7) is 12.0. The van der Waals surface area contributed by atoms with Gasteiger partial charge in [0, 0.05) is 23.0 Å². The summed E-state index contributed by atoms with van der Waals surface area (Å²) in [4.78, 5) is 7.86. The lowest BCUT2D eigenvalue weighted by molar-refractivity contribution is -0.110. The fourth-order valence-corrected chi connectivity index (χ4v) is 3.14. The van der Waals surface area contributed by atoms with E-state index in [1.807, 2.05) is 18.2 Å². The molecule has 2 aromatic rings. The highest BCUT2D eigenvalue weighted by Crippen LogP contribution is 2.31. The Hall–Kier alpha value is -1.65. The number of H-pyrrole nitrogens is 1. The zero-order chi connectivity index (χ0) is 17.0. The minimum Gasteiger partial charge on any atom is -0.360 e. The molecule has 0 atom stereocenters. The van der Waals surface area contributed by atoms with Gasteiger partial charge >= 0.3 is 0 Å². The number of hydrogen-bond donors (Lipinski definition) is 2. The van der Waals surface area contributed by atoms with Gasteiger partial charge in [0.15, 0.2) is 0 Å². The molecule has 0 aromatic carbocycles. The van der Waals surface area contributed by atoms with Crippen LogP contribution in [0, 0.1) is 0 Å². The molecule has 4 heteroatoms. The van der Waals surface area contributed by atoms with E-state index in [-0.39, 0.29) is 5.41 Å². The lowest BCUT2D eigenvalue weighted by Gasteiger charge is -2.19. The van der Waals surface area contributed by atoms with Crippen LogP contribution in [-0.4, -0.2) is 20.2 Å². The van der Waals surface area contributed by atoms with Gasteiger partial charge in [0.25, 0.3) is 0 Å². The highest BCUT2D eigenvalue weighted by atomic mass is 16.5. The molecule has 0 saturated heterocycles. The first-order chi connectivity index (χ1) is 10.9. The molecule has 0 aliphatic heterocycles. The number of hydroxylamine groups is 2. The van der Waals surface area contributed by atoms with Crippen LogP contribution in [0.3, 0.4) is 0 Å². The van der Waals surface area contributed by atoms with Crippen molar-refractivity contribution >= 4 is 0 Å². The molecule has 2 heterocycles. The molecule has 0 fully saturated rings. The number of aromatic nitrogens is 2. The van der Waals surface area contributed by atoms with Crippen molar-refractivity contribution in [1.29, 1.82) is 0 Å². The van der Waals surface area contributed by atoms with Crippen LogP contribution in [0.5, 0.6) is 0 Å². The highest BCUT2D eigenvalue weighted by Gasteiger charge is 2.24. The van der Waals surface area contributed by atoms with Crippen LogP contribution in [0.15, 0.2) is 24.4 Å². The maximum atomic E-state index is 10.3. The summed E-state index contributed by atoms with van der Waals surface area (Å²) in [5.41, 5.74) is 6.10. The molecular weight excluding hydrogens is 286 g/mol. The Kier molecular flexibility index (Phi) is 5.60. The number of hydrogen-bond acceptors (Lipinski definition) is 3. The molecule has 0 amide bonds. The largest absolute Gasteiger partial charge is 0.360 e. The summed E-state index contributed by atoms with van der Waals surface area (Å²) in [5, 5.41) is 11.7. The first-order valence-corrected chi connectivity index (χ1v) is 8.43. The first kappa shape index (κ1) is 17.7. The van der Waals surface area contributed by atoms with E-state index in [4.69, 9.17) is 0 Å². The molecular formula is C19H29N3O. The fourth-order valence-electron chi connectivity index (χ4n) is 3.14. The summed E-state index contributed by atoms with van der Waals surface area (Å²) in [7, 11) is 0. The Labute approximate surface area is 139 Å². The van der Waals surface area contributed by atoms with Crippen molar-refractivity contribution < 1.29 is 5.21 Å². The molecule has 23 heavy (non-hydrogen) atoms. The Morgan fingerprint density at radius 3 is 2.30 bits per heavy atom. The maximum Gasteiger partial charge on any atom is 0.0666 e. The van der Waals surface area contributed by atoms with Crippen LogP contribution in [0.4, 0.5) is 0 Å². The molecule has 2 aromatic heterocycles. The van der Waals surface area contributed by atoms with Crippen molar-refractivity contribution in [2.24, 2.45) is 0 Å². The van der Waals surface area contributed by atoms with Crippen LogP contribution in [0.25, 0.3) is 0 Å². The molecule has 2 N–H and O–H groups in total. The zero-order valence-corrected chi connectivity index (χ0v) is 15.0. The van der Waals surface area contributed by atoms with Crippen molar-refractivity contribution in [3.05, 3.63) is 52.6 Å². The molecule has 0 unspecified atom stereocenters. The molecule has 0 aliphatic carbocycles. The van der Waals surface area contributed by atoms with Gasteiger partial charge in [0.2, 0.25) is 0 Å². The van der Waals surface area contributed by atoms with Crippen molar-refractivity contribution in [2.75, 3.05) is 0 Å². The molecule has 0 bridgehead atoms. The topological polar surface area (TPSA) is 52.1 Å². The van der Waals surface area contributed by atoms with E-state index in [1.54, 1.807) is 6.20 Å². The SMILES string of the molecule is CCc1c(CN(O)Cc2ccccn2)[nH]c(C(C)(C)C)c1CC. The summed E-state index contributed by atoms with van der Waals surface area (Å²) in [6, 6.07) is 5.75. The van der Waals surface area contributed by atoms with Crippen molar-refractivity contribution in [2.45, 2.75) is 66.0 Å². The van der Waals surface area contributed by atoms with E-state index in [2.05, 4.69) is 44.6 Å². The summed E-state index contributed by atoms with van der Waals surface area (Å²) in [6.07, 6.45) is 3.74. The molecule has 2 rings (SSSR count). The van der Waals surface area contributed by atoms with E-state index in [0.29, 0.717) is 13.1 Å². The van der Waals surface area contributed by atoms with E-state index < -0.39 is 0 Å². The third-order valence-corrected chi connectivity index (χ3v) is 4.17. The van der Waals surface area contributed by atoms with Crippen LogP contribution < -0.4 is 0 Å². The maximum absolute atomic E-state index is 10.3. The Morgan fingerprint density at radius 2 is 1.78 bits per heavy atom. The van der Waals surface area contributed by atoms with E-state index in [0.717, 1.165) is 24.2 Å². The minimum atomic E-state index is 0.0782. The minimum absolute atomic E-state index is 0.0782. The molecule has 0 aliphatic rings. The normalized spacial score (nSPS) is 12.1. The summed E-state index contributed by atoms with van der Waals surface area (Å²) < 4.78 is 0. The van der Waals surface area contributed by atoms with Crippen molar-refractivity contribution in [3.63, 3.8) is 0 Å². The molecule has 0 spiro atoms. The number of pyridine rings is 1. The first-order valence-electron chi connectivity index (χ1n) is 8.43. The van der Waals surface area contributed by atoms with Crippen LogP contribution >= 0.6 is 0 Å². The smallest absolute Gasteiger partial charge is 0.0666 e. The Bertz CT molecular complexity index is 626. The van der Waals surface area contributed by atoms with Crippen molar-refractivity contribution in [1.82, 2.24) is 15.0 Å². The van der Waals surface area contributed by atoms with E-state index in [9.17, 15) is 5.21 Å². The van der Waals surface area contributed by atoms with Gasteiger partial charge in [-0.3, -0.25) is 4.98 Å². The second-order valence-corrected chi connectivity index (χ2v) is 7.04. The van der Waals surface area contributed by atoms with Gasteiger partial charge in [-0.15, -0.1) is 0 Å². The monoisotopic (exact) mass is 315 g/mol. The lowest BCUT2D eigenvalue weighted by Crippen LogP contribution is -2.20. The second kappa shape index (κ2) is 7.28. The van der Waals surface area contributed by atoms with Gasteiger partial charge < -0.3 is 10.2 Å². The standard InChI is InChI=1S/C19H29N3O/c1-6-15-16(7-2)18(19(3,4)5)21-17(15)13-22(23)12-14-10-8-9-11-20-14/h8-11,21,23H,6-7,12-13H2,1-5H3. The average Bonchev–Trinajstić information content (AvgIpc) is 2.85. The third kappa shape index (κ3) is 4.21. The van der Waals surface area contributed by atoms with Gasteiger partial charge in [-0.05, 0) is 36.1 Å². The zero-order valence-electron chi connectivity index (χ0n) is 15.0. The predicted octanol–water partition coefficient (Wildman–Crippen LogP) is 4.22. The molecule has 126 valence electrons. The number of rotatable bonds is 6. The van der Waals surface area contributed by atoms with Crippen LogP contribution in [-0.2, 0) is 31.3 Å². The lowest BCUT2D eigenvalue weighted by atomic mass is 9.87. The van der Waals surface area contributed by atoms with Gasteiger partial charge in [-0.1, -0.05) is 40.7 Å². The van der Waals surface area contributed by atoms with Gasteiger partial charge in [-0.2, -0.15) is 5.06 Å². The Balaban J connectivity index is 2.23. The third-order valence-electron chi connectivity index (χ3n) is 4.17. The number of nitrogens with one attached hydrogen (secondary N) is 1. The van der Waals surface area contributed by atoms with Gasteiger partial charge in [0.1, 0.15) is 0 Å². The number of aromatic amines is 1. The van der Waals surface area contributed by atoms with Crippen LogP contribution in [0.1, 0.15) is 62.8 Å². The summed E-state index contributed by atoms with van der Waals surface area (Å²) >= 11 is 0. The summed E-state index contributed by atoms with van der Waals surface area (Å²) in [5.74, 6) is 0. The van der Waals surface area contributed by atoms with Crippen molar-refractivity contribution in [3.8, 4) is 0 Å². The molecule has 0 saturated carbocycles. The molecule has 0 radical (unpaired) electrons. The fraction of sp³-hybridized carbons (Fsp3) is 0.526. The van der Waals surface area contributed by atoms with Gasteiger partial charge in [-0.25, -0.2) is 0 Å². The Morgan fingerprint density at radius 1 is 1.09 bits per heavy atom. The molecule has 4 nitrogen and oxygen atoms in total. The van der Waals surface area contributed by atoms with E-state index >= 15 is 0 Å². The van der Waals surface area contributed by atoms with Gasteiger partial charge in [0.05, 0.1) is 18.8 Å². The number of nitrogens with zero attached hydrogens (tertiary/aromatic N) is 2. The average molecular weight is 315 g/mol. The van der Waals surface area contributed by atoms with E-state index in [1.165, 1.54) is 21.9 Å². The highest BCUT2D eigenvalue weighted by molar-refractivity contribution is 5.40. The second-order valence-electron chi connectivity index (χ2n) is 7.04. The predicted molar refractivity (Wildman–Crippen MR) is 93.5 cm³/mol.